The highest BCUT2D eigenvalue weighted by molar-refractivity contribution is 7.89. The quantitative estimate of drug-likeness (QED) is 0.805. The Balaban J connectivity index is 1.66. The summed E-state index contributed by atoms with van der Waals surface area (Å²) in [5.41, 5.74) is 1.22. The number of pyridine rings is 1. The molecule has 3 rings (SSSR count). The second-order valence-corrected chi connectivity index (χ2v) is 9.41. The lowest BCUT2D eigenvalue weighted by Crippen LogP contribution is -2.60. The molecule has 1 aromatic rings. The summed E-state index contributed by atoms with van der Waals surface area (Å²) in [7, 11) is -1.38. The molecule has 0 aliphatic carbocycles. The van der Waals surface area contributed by atoms with Crippen molar-refractivity contribution in [3.05, 3.63) is 30.1 Å². The van der Waals surface area contributed by atoms with Gasteiger partial charge in [-0.05, 0) is 44.4 Å². The van der Waals surface area contributed by atoms with Crippen LogP contribution in [0.3, 0.4) is 0 Å². The van der Waals surface area contributed by atoms with E-state index in [4.69, 9.17) is 4.74 Å². The zero-order valence-electron chi connectivity index (χ0n) is 14.6. The van der Waals surface area contributed by atoms with Gasteiger partial charge >= 0.3 is 0 Å². The van der Waals surface area contributed by atoms with E-state index in [0.29, 0.717) is 19.1 Å². The SMILES string of the molecule is CO[C@H]1CN(C2CCN(S(=O)(=O)C(C)C)CC2)[C@H]1c1ccncc1. The monoisotopic (exact) mass is 353 g/mol. The molecule has 0 bridgehead atoms. The van der Waals surface area contributed by atoms with E-state index in [1.54, 1.807) is 25.3 Å². The Morgan fingerprint density at radius 2 is 1.83 bits per heavy atom. The molecule has 2 saturated heterocycles. The Labute approximate surface area is 144 Å². The summed E-state index contributed by atoms with van der Waals surface area (Å²) in [6, 6.07) is 4.74. The number of ether oxygens (including phenoxy) is 1. The van der Waals surface area contributed by atoms with Crippen LogP contribution in [0, 0.1) is 0 Å². The summed E-state index contributed by atoms with van der Waals surface area (Å²) in [6.45, 7) is 5.63. The Bertz CT molecular complexity index is 642. The standard InChI is InChI=1S/C17H27N3O3S/c1-13(2)24(21,22)19-10-6-15(7-11-19)20-12-16(23-3)17(20)14-4-8-18-9-5-14/h4-5,8-9,13,15-17H,6-7,10-12H2,1-3H3/t16-,17-/m0/s1. The van der Waals surface area contributed by atoms with Gasteiger partial charge in [0.05, 0.1) is 17.4 Å². The lowest BCUT2D eigenvalue weighted by atomic mass is 9.87. The van der Waals surface area contributed by atoms with Gasteiger partial charge in [-0.2, -0.15) is 0 Å². The van der Waals surface area contributed by atoms with Crippen LogP contribution in [0.1, 0.15) is 38.3 Å². The summed E-state index contributed by atoms with van der Waals surface area (Å²) in [6.07, 6.45) is 5.59. The van der Waals surface area contributed by atoms with Crippen LogP contribution in [0.2, 0.25) is 0 Å². The zero-order valence-corrected chi connectivity index (χ0v) is 15.4. The van der Waals surface area contributed by atoms with E-state index in [1.165, 1.54) is 5.56 Å². The first-order valence-corrected chi connectivity index (χ1v) is 10.1. The molecule has 0 aromatic carbocycles. The molecule has 1 aromatic heterocycles. The van der Waals surface area contributed by atoms with E-state index in [1.807, 2.05) is 24.5 Å². The smallest absolute Gasteiger partial charge is 0.216 e. The molecule has 24 heavy (non-hydrogen) atoms. The maximum atomic E-state index is 12.3. The first-order chi connectivity index (χ1) is 11.4. The molecule has 2 fully saturated rings. The topological polar surface area (TPSA) is 62.7 Å². The van der Waals surface area contributed by atoms with Crippen LogP contribution >= 0.6 is 0 Å². The van der Waals surface area contributed by atoms with Gasteiger partial charge in [0.1, 0.15) is 0 Å². The molecule has 0 unspecified atom stereocenters. The van der Waals surface area contributed by atoms with E-state index in [9.17, 15) is 8.42 Å². The van der Waals surface area contributed by atoms with Gasteiger partial charge in [-0.1, -0.05) is 0 Å². The fourth-order valence-corrected chi connectivity index (χ4v) is 5.09. The minimum Gasteiger partial charge on any atom is -0.378 e. The minimum atomic E-state index is -3.14. The molecule has 0 N–H and O–H groups in total. The van der Waals surface area contributed by atoms with Crippen molar-refractivity contribution in [2.24, 2.45) is 0 Å². The number of hydrogen-bond acceptors (Lipinski definition) is 5. The summed E-state index contributed by atoms with van der Waals surface area (Å²) in [4.78, 5) is 6.56. The molecule has 0 radical (unpaired) electrons. The average molecular weight is 353 g/mol. The van der Waals surface area contributed by atoms with Gasteiger partial charge in [-0.3, -0.25) is 9.88 Å². The Morgan fingerprint density at radius 1 is 1.21 bits per heavy atom. The summed E-state index contributed by atoms with van der Waals surface area (Å²) < 4.78 is 31.9. The average Bonchev–Trinajstić information content (AvgIpc) is 2.55. The van der Waals surface area contributed by atoms with Crippen molar-refractivity contribution >= 4 is 10.0 Å². The highest BCUT2D eigenvalue weighted by Gasteiger charge is 2.45. The van der Waals surface area contributed by atoms with Gasteiger partial charge in [-0.15, -0.1) is 0 Å². The third-order valence-corrected chi connectivity index (χ3v) is 7.58. The summed E-state index contributed by atoms with van der Waals surface area (Å²) in [5.74, 6) is 0. The number of sulfonamides is 1. The van der Waals surface area contributed by atoms with Crippen LogP contribution in [0.25, 0.3) is 0 Å². The normalized spacial score (nSPS) is 27.3. The predicted molar refractivity (Wildman–Crippen MR) is 93.1 cm³/mol. The van der Waals surface area contributed by atoms with Crippen molar-refractivity contribution in [3.8, 4) is 0 Å². The van der Waals surface area contributed by atoms with E-state index >= 15 is 0 Å². The molecule has 2 aliphatic rings. The van der Waals surface area contributed by atoms with Crippen molar-refractivity contribution in [1.82, 2.24) is 14.2 Å². The molecule has 0 amide bonds. The van der Waals surface area contributed by atoms with Crippen LogP contribution in [-0.4, -0.2) is 66.7 Å². The van der Waals surface area contributed by atoms with Crippen LogP contribution in [-0.2, 0) is 14.8 Å². The van der Waals surface area contributed by atoms with Crippen molar-refractivity contribution < 1.29 is 13.2 Å². The highest BCUT2D eigenvalue weighted by atomic mass is 32.2. The molecule has 134 valence electrons. The number of likely N-dealkylation sites (tertiary alicyclic amines) is 1. The summed E-state index contributed by atoms with van der Waals surface area (Å²) >= 11 is 0. The van der Waals surface area contributed by atoms with Crippen LogP contribution in [0.15, 0.2) is 24.5 Å². The molecule has 6 nitrogen and oxygen atoms in total. The number of methoxy groups -OCH3 is 1. The molecule has 3 heterocycles. The van der Waals surface area contributed by atoms with Crippen molar-refractivity contribution in [3.63, 3.8) is 0 Å². The van der Waals surface area contributed by atoms with Crippen molar-refractivity contribution in [1.29, 1.82) is 0 Å². The molecule has 0 saturated carbocycles. The molecule has 2 aliphatic heterocycles. The van der Waals surface area contributed by atoms with E-state index in [-0.39, 0.29) is 17.4 Å². The van der Waals surface area contributed by atoms with Crippen molar-refractivity contribution in [2.75, 3.05) is 26.7 Å². The first-order valence-electron chi connectivity index (χ1n) is 8.62. The molecule has 2 atom stereocenters. The number of rotatable bonds is 5. The number of aromatic nitrogens is 1. The summed E-state index contributed by atoms with van der Waals surface area (Å²) in [5, 5.41) is -0.347. The fourth-order valence-electron chi connectivity index (χ4n) is 3.77. The van der Waals surface area contributed by atoms with Crippen molar-refractivity contribution in [2.45, 2.75) is 50.1 Å². The lowest BCUT2D eigenvalue weighted by Gasteiger charge is -2.53. The van der Waals surface area contributed by atoms with Crippen LogP contribution in [0.5, 0.6) is 0 Å². The minimum absolute atomic E-state index is 0.199. The van der Waals surface area contributed by atoms with Gasteiger partial charge in [0.2, 0.25) is 10.0 Å². The van der Waals surface area contributed by atoms with Gasteiger partial charge in [0.15, 0.2) is 0 Å². The number of hydrogen-bond donors (Lipinski definition) is 0. The molecule has 0 spiro atoms. The lowest BCUT2D eigenvalue weighted by molar-refractivity contribution is -0.114. The predicted octanol–water partition coefficient (Wildman–Crippen LogP) is 1.66. The molecular formula is C17H27N3O3S. The first kappa shape index (κ1) is 17.8. The fraction of sp³-hybridized carbons (Fsp3) is 0.706. The molecule has 7 heteroatoms. The van der Waals surface area contributed by atoms with E-state index < -0.39 is 10.0 Å². The van der Waals surface area contributed by atoms with E-state index in [0.717, 1.165) is 19.4 Å². The Hall–Kier alpha value is -1.02. The maximum Gasteiger partial charge on any atom is 0.216 e. The highest BCUT2D eigenvalue weighted by Crippen LogP contribution is 2.39. The largest absolute Gasteiger partial charge is 0.378 e. The van der Waals surface area contributed by atoms with Crippen LogP contribution < -0.4 is 0 Å². The second kappa shape index (κ2) is 7.07. The van der Waals surface area contributed by atoms with Gasteiger partial charge in [-0.25, -0.2) is 12.7 Å². The zero-order chi connectivity index (χ0) is 17.3. The third kappa shape index (κ3) is 3.22. The van der Waals surface area contributed by atoms with Gasteiger partial charge < -0.3 is 4.74 Å². The van der Waals surface area contributed by atoms with Gasteiger partial charge in [0.25, 0.3) is 0 Å². The third-order valence-electron chi connectivity index (χ3n) is 5.30. The van der Waals surface area contributed by atoms with Gasteiger partial charge in [0, 0.05) is 45.2 Å². The van der Waals surface area contributed by atoms with Crippen LogP contribution in [0.4, 0.5) is 0 Å². The Kier molecular flexibility index (Phi) is 5.24. The maximum absolute atomic E-state index is 12.3. The second-order valence-electron chi connectivity index (χ2n) is 6.92. The molecular weight excluding hydrogens is 326 g/mol. The van der Waals surface area contributed by atoms with E-state index in [2.05, 4.69) is 9.88 Å². The number of nitrogens with zero attached hydrogens (tertiary/aromatic N) is 3. The Morgan fingerprint density at radius 3 is 2.38 bits per heavy atom. The number of piperidine rings is 1.